The molecule has 0 saturated heterocycles. The van der Waals surface area contributed by atoms with Crippen LogP contribution in [0.1, 0.15) is 25.8 Å². The van der Waals surface area contributed by atoms with Crippen LogP contribution in [-0.2, 0) is 9.63 Å². The Morgan fingerprint density at radius 1 is 1.61 bits per heavy atom. The Kier molecular flexibility index (Phi) is 3.23. The zero-order valence-corrected chi connectivity index (χ0v) is 10.3. The maximum absolute atomic E-state index is 11.0. The number of hydrogen-bond acceptors (Lipinski definition) is 4. The Labute approximate surface area is 105 Å². The van der Waals surface area contributed by atoms with E-state index in [2.05, 4.69) is 5.16 Å². The zero-order valence-electron chi connectivity index (χ0n) is 10.3. The van der Waals surface area contributed by atoms with E-state index in [9.17, 15) is 4.79 Å². The lowest BCUT2D eigenvalue weighted by Gasteiger charge is -2.14. The van der Waals surface area contributed by atoms with Crippen LogP contribution in [0.5, 0.6) is 5.75 Å². The molecule has 0 unspecified atom stereocenters. The molecule has 1 atom stereocenters. The number of hydrogen-bond donors (Lipinski definition) is 1. The molecule has 0 saturated carbocycles. The van der Waals surface area contributed by atoms with Crippen molar-refractivity contribution in [1.82, 2.24) is 0 Å². The van der Waals surface area contributed by atoms with E-state index in [1.165, 1.54) is 6.92 Å². The third-order valence-corrected chi connectivity index (χ3v) is 2.79. The first-order valence-electron chi connectivity index (χ1n) is 5.77. The van der Waals surface area contributed by atoms with E-state index in [4.69, 9.17) is 14.7 Å². The number of carboxylic acid groups (broad SMARTS) is 1. The van der Waals surface area contributed by atoms with Crippen LogP contribution in [0.25, 0.3) is 0 Å². The van der Waals surface area contributed by atoms with Gasteiger partial charge >= 0.3 is 5.97 Å². The summed E-state index contributed by atoms with van der Waals surface area (Å²) < 4.78 is 5.39. The van der Waals surface area contributed by atoms with Crippen LogP contribution in [-0.4, -0.2) is 29.0 Å². The standard InChI is InChI=1S/C13H15NO4/c1-3-17-10-6-4-5-9(7-10)11-8-13(2,12(15)16)18-14-11/h4-7H,3,8H2,1-2H3,(H,15,16)/t13-/m1/s1. The summed E-state index contributed by atoms with van der Waals surface area (Å²) in [4.78, 5) is 16.1. The van der Waals surface area contributed by atoms with Gasteiger partial charge in [-0.25, -0.2) is 4.79 Å². The number of nitrogens with zero attached hydrogens (tertiary/aromatic N) is 1. The van der Waals surface area contributed by atoms with Crippen molar-refractivity contribution in [3.05, 3.63) is 29.8 Å². The van der Waals surface area contributed by atoms with Crippen LogP contribution in [0.2, 0.25) is 0 Å². The van der Waals surface area contributed by atoms with Crippen molar-refractivity contribution in [1.29, 1.82) is 0 Å². The Morgan fingerprint density at radius 3 is 3.00 bits per heavy atom. The highest BCUT2D eigenvalue weighted by atomic mass is 16.7. The van der Waals surface area contributed by atoms with Crippen LogP contribution in [0, 0.1) is 0 Å². The van der Waals surface area contributed by atoms with Gasteiger partial charge in [0.2, 0.25) is 5.60 Å². The van der Waals surface area contributed by atoms with Gasteiger partial charge in [-0.05, 0) is 26.0 Å². The van der Waals surface area contributed by atoms with Gasteiger partial charge in [0.15, 0.2) is 0 Å². The number of aliphatic carboxylic acids is 1. The summed E-state index contributed by atoms with van der Waals surface area (Å²) in [5.74, 6) is -0.274. The summed E-state index contributed by atoms with van der Waals surface area (Å²) in [6.07, 6.45) is 0.248. The number of rotatable bonds is 4. The SMILES string of the molecule is CCOc1cccc(C2=NO[C@@](C)(C(=O)O)C2)c1. The van der Waals surface area contributed by atoms with Crippen molar-refractivity contribution < 1.29 is 19.5 Å². The molecule has 5 nitrogen and oxygen atoms in total. The molecule has 5 heteroatoms. The van der Waals surface area contributed by atoms with Crippen LogP contribution in [0.3, 0.4) is 0 Å². The monoisotopic (exact) mass is 249 g/mol. The highest BCUT2D eigenvalue weighted by Crippen LogP contribution is 2.27. The largest absolute Gasteiger partial charge is 0.494 e. The summed E-state index contributed by atoms with van der Waals surface area (Å²) in [5, 5.41) is 12.9. The van der Waals surface area contributed by atoms with Crippen molar-refractivity contribution in [3.63, 3.8) is 0 Å². The molecule has 96 valence electrons. The molecule has 1 aromatic carbocycles. The van der Waals surface area contributed by atoms with E-state index in [1.54, 1.807) is 0 Å². The van der Waals surface area contributed by atoms with E-state index in [1.807, 2.05) is 31.2 Å². The highest BCUT2D eigenvalue weighted by molar-refractivity contribution is 6.04. The number of oxime groups is 1. The summed E-state index contributed by atoms with van der Waals surface area (Å²) in [6.45, 7) is 4.00. The quantitative estimate of drug-likeness (QED) is 0.886. The van der Waals surface area contributed by atoms with Gasteiger partial charge in [-0.1, -0.05) is 17.3 Å². The van der Waals surface area contributed by atoms with E-state index in [-0.39, 0.29) is 6.42 Å². The van der Waals surface area contributed by atoms with Gasteiger partial charge < -0.3 is 14.7 Å². The van der Waals surface area contributed by atoms with Crippen molar-refractivity contribution in [2.75, 3.05) is 6.61 Å². The Balaban J connectivity index is 2.19. The molecule has 0 spiro atoms. The molecule has 1 aromatic rings. The Hall–Kier alpha value is -2.04. The van der Waals surface area contributed by atoms with E-state index >= 15 is 0 Å². The second-order valence-electron chi connectivity index (χ2n) is 4.30. The number of carboxylic acids is 1. The van der Waals surface area contributed by atoms with Crippen LogP contribution in [0.15, 0.2) is 29.4 Å². The summed E-state index contributed by atoms with van der Waals surface area (Å²) in [6, 6.07) is 7.39. The van der Waals surface area contributed by atoms with Gasteiger partial charge in [-0.2, -0.15) is 0 Å². The van der Waals surface area contributed by atoms with E-state index in [0.29, 0.717) is 12.3 Å². The summed E-state index contributed by atoms with van der Waals surface area (Å²) in [5.41, 5.74) is 0.184. The number of benzene rings is 1. The lowest BCUT2D eigenvalue weighted by atomic mass is 9.96. The van der Waals surface area contributed by atoms with E-state index < -0.39 is 11.6 Å². The topological polar surface area (TPSA) is 68.1 Å². The molecule has 2 rings (SSSR count). The van der Waals surface area contributed by atoms with Gasteiger partial charge in [0, 0.05) is 12.0 Å². The number of ether oxygens (including phenoxy) is 1. The van der Waals surface area contributed by atoms with Crippen molar-refractivity contribution >= 4 is 11.7 Å². The maximum Gasteiger partial charge on any atom is 0.351 e. The van der Waals surface area contributed by atoms with Crippen molar-refractivity contribution in [2.24, 2.45) is 5.16 Å². The van der Waals surface area contributed by atoms with Crippen molar-refractivity contribution in [2.45, 2.75) is 25.9 Å². The first-order chi connectivity index (χ1) is 8.55. The molecule has 0 aliphatic carbocycles. The second kappa shape index (κ2) is 4.68. The molecular formula is C13H15NO4. The lowest BCUT2D eigenvalue weighted by Crippen LogP contribution is -2.35. The fourth-order valence-corrected chi connectivity index (χ4v) is 1.74. The average molecular weight is 249 g/mol. The third kappa shape index (κ3) is 2.30. The summed E-state index contributed by atoms with van der Waals surface area (Å²) in [7, 11) is 0. The van der Waals surface area contributed by atoms with Crippen LogP contribution in [0.4, 0.5) is 0 Å². The first-order valence-corrected chi connectivity index (χ1v) is 5.77. The van der Waals surface area contributed by atoms with Gasteiger partial charge in [-0.15, -0.1) is 0 Å². The number of carbonyl (C=O) groups is 1. The van der Waals surface area contributed by atoms with Gasteiger partial charge in [0.05, 0.1) is 12.3 Å². The fourth-order valence-electron chi connectivity index (χ4n) is 1.74. The molecule has 0 bridgehead atoms. The molecular weight excluding hydrogens is 234 g/mol. The Morgan fingerprint density at radius 2 is 2.39 bits per heavy atom. The van der Waals surface area contributed by atoms with Gasteiger partial charge in [-0.3, -0.25) is 0 Å². The van der Waals surface area contributed by atoms with E-state index in [0.717, 1.165) is 11.3 Å². The van der Waals surface area contributed by atoms with Crippen molar-refractivity contribution in [3.8, 4) is 5.75 Å². The van der Waals surface area contributed by atoms with Crippen LogP contribution >= 0.6 is 0 Å². The third-order valence-electron chi connectivity index (χ3n) is 2.79. The first kappa shape index (κ1) is 12.4. The molecule has 1 N–H and O–H groups in total. The predicted octanol–water partition coefficient (Wildman–Crippen LogP) is 2.05. The summed E-state index contributed by atoms with van der Waals surface area (Å²) >= 11 is 0. The highest BCUT2D eigenvalue weighted by Gasteiger charge is 2.42. The molecule has 0 fully saturated rings. The van der Waals surface area contributed by atoms with Crippen LogP contribution < -0.4 is 4.74 Å². The minimum Gasteiger partial charge on any atom is -0.494 e. The molecule has 0 amide bonds. The Bertz CT molecular complexity index is 498. The molecule has 0 radical (unpaired) electrons. The fraction of sp³-hybridized carbons (Fsp3) is 0.385. The second-order valence-corrected chi connectivity index (χ2v) is 4.30. The molecule has 18 heavy (non-hydrogen) atoms. The normalized spacial score (nSPS) is 22.2. The zero-order chi connectivity index (χ0) is 13.2. The van der Waals surface area contributed by atoms with Gasteiger partial charge in [0.1, 0.15) is 5.75 Å². The minimum atomic E-state index is -1.27. The maximum atomic E-state index is 11.0. The smallest absolute Gasteiger partial charge is 0.351 e. The predicted molar refractivity (Wildman–Crippen MR) is 65.9 cm³/mol. The molecule has 1 aliphatic heterocycles. The molecule has 1 heterocycles. The molecule has 1 aliphatic rings. The molecule has 0 aromatic heterocycles. The minimum absolute atomic E-state index is 0.248. The average Bonchev–Trinajstić information content (AvgIpc) is 2.74. The lowest BCUT2D eigenvalue weighted by molar-refractivity contribution is -0.160. The van der Waals surface area contributed by atoms with Gasteiger partial charge in [0.25, 0.3) is 0 Å².